The summed E-state index contributed by atoms with van der Waals surface area (Å²) < 4.78 is 44.7. The van der Waals surface area contributed by atoms with Gasteiger partial charge in [-0.2, -0.15) is 9.41 Å². The number of nitrogens with zero attached hydrogens (tertiary/aromatic N) is 2. The lowest BCUT2D eigenvalue weighted by Gasteiger charge is -2.26. The summed E-state index contributed by atoms with van der Waals surface area (Å²) in [4.78, 5) is 12.3. The second-order valence-electron chi connectivity index (χ2n) is 5.79. The molecule has 0 aromatic heterocycles. The Labute approximate surface area is 156 Å². The number of morpholine rings is 1. The fraction of sp³-hybridized carbons (Fsp3) is 0.222. The molecule has 1 saturated heterocycles. The third-order valence-electron chi connectivity index (χ3n) is 3.95. The maximum absolute atomic E-state index is 12.9. The Morgan fingerprint density at radius 2 is 1.85 bits per heavy atom. The van der Waals surface area contributed by atoms with E-state index in [1.807, 2.05) is 0 Å². The largest absolute Gasteiger partial charge is 0.379 e. The van der Waals surface area contributed by atoms with Crippen LogP contribution in [0.25, 0.3) is 0 Å². The van der Waals surface area contributed by atoms with Gasteiger partial charge in [0, 0.05) is 18.7 Å². The minimum Gasteiger partial charge on any atom is -0.379 e. The van der Waals surface area contributed by atoms with E-state index < -0.39 is 15.9 Å². The van der Waals surface area contributed by atoms with Crippen LogP contribution in [-0.4, -0.2) is 51.1 Å². The molecule has 0 spiro atoms. The maximum Gasteiger partial charge on any atom is 0.271 e. The highest BCUT2D eigenvalue weighted by molar-refractivity contribution is 7.89. The number of carbonyl (C=O) groups excluding carboxylic acids is 1. The van der Waals surface area contributed by atoms with Crippen LogP contribution in [0.4, 0.5) is 4.39 Å². The van der Waals surface area contributed by atoms with Gasteiger partial charge in [-0.1, -0.05) is 18.2 Å². The van der Waals surface area contributed by atoms with Crippen molar-refractivity contribution in [2.75, 3.05) is 26.3 Å². The average Bonchev–Trinajstić information content (AvgIpc) is 2.70. The Hall–Kier alpha value is -2.62. The van der Waals surface area contributed by atoms with Crippen molar-refractivity contribution in [2.45, 2.75) is 4.90 Å². The van der Waals surface area contributed by atoms with E-state index in [1.165, 1.54) is 59.1 Å². The molecule has 1 heterocycles. The summed E-state index contributed by atoms with van der Waals surface area (Å²) in [6, 6.07) is 11.4. The van der Waals surface area contributed by atoms with Crippen molar-refractivity contribution >= 4 is 22.1 Å². The number of rotatable bonds is 5. The summed E-state index contributed by atoms with van der Waals surface area (Å²) in [5.74, 6) is -0.915. The lowest BCUT2D eigenvalue weighted by Crippen LogP contribution is -2.40. The standard InChI is InChI=1S/C18H18FN3O4S/c19-16-6-4-14(5-7-16)13-20-21-18(23)15-2-1-3-17(12-15)27(24,25)22-8-10-26-11-9-22/h1-7,12-13H,8-11H2,(H,21,23)/b20-13-. The molecule has 1 aliphatic heterocycles. The smallest absolute Gasteiger partial charge is 0.271 e. The number of sulfonamides is 1. The van der Waals surface area contributed by atoms with Crippen LogP contribution in [-0.2, 0) is 14.8 Å². The SMILES string of the molecule is O=C(N/N=C\c1ccc(F)cc1)c1cccc(S(=O)(=O)N2CCOCC2)c1. The number of carbonyl (C=O) groups is 1. The van der Waals surface area contributed by atoms with E-state index >= 15 is 0 Å². The molecule has 27 heavy (non-hydrogen) atoms. The van der Waals surface area contributed by atoms with Crippen LogP contribution in [0.1, 0.15) is 15.9 Å². The zero-order chi connectivity index (χ0) is 19.3. The Bertz CT molecular complexity index is 939. The zero-order valence-corrected chi connectivity index (χ0v) is 15.2. The van der Waals surface area contributed by atoms with Crippen molar-refractivity contribution in [3.05, 3.63) is 65.5 Å². The van der Waals surface area contributed by atoms with Crippen molar-refractivity contribution < 1.29 is 22.3 Å². The third kappa shape index (κ3) is 4.76. The van der Waals surface area contributed by atoms with Crippen LogP contribution in [0.15, 0.2) is 58.5 Å². The topological polar surface area (TPSA) is 88.1 Å². The molecule has 1 amide bonds. The number of halogens is 1. The lowest BCUT2D eigenvalue weighted by molar-refractivity contribution is 0.0730. The van der Waals surface area contributed by atoms with Gasteiger partial charge in [0.2, 0.25) is 10.0 Å². The summed E-state index contributed by atoms with van der Waals surface area (Å²) in [7, 11) is -3.69. The first-order chi connectivity index (χ1) is 13.0. The Kier molecular flexibility index (Phi) is 5.94. The Morgan fingerprint density at radius 3 is 2.56 bits per heavy atom. The van der Waals surface area contributed by atoms with Gasteiger partial charge in [-0.25, -0.2) is 18.2 Å². The van der Waals surface area contributed by atoms with Crippen LogP contribution in [0.2, 0.25) is 0 Å². The van der Waals surface area contributed by atoms with Crippen LogP contribution >= 0.6 is 0 Å². The molecule has 7 nitrogen and oxygen atoms in total. The van der Waals surface area contributed by atoms with E-state index in [9.17, 15) is 17.6 Å². The highest BCUT2D eigenvalue weighted by Crippen LogP contribution is 2.18. The summed E-state index contributed by atoms with van der Waals surface area (Å²) in [5, 5.41) is 3.81. The molecule has 0 unspecified atom stereocenters. The molecule has 0 bridgehead atoms. The minimum absolute atomic E-state index is 0.0413. The van der Waals surface area contributed by atoms with Gasteiger partial charge in [0.1, 0.15) is 5.82 Å². The summed E-state index contributed by atoms with van der Waals surface area (Å²) in [5.41, 5.74) is 3.11. The summed E-state index contributed by atoms with van der Waals surface area (Å²) in [6.45, 7) is 1.25. The molecule has 1 N–H and O–H groups in total. The summed E-state index contributed by atoms with van der Waals surface area (Å²) >= 11 is 0. The normalized spacial score (nSPS) is 15.7. The molecule has 1 fully saturated rings. The number of benzene rings is 2. The zero-order valence-electron chi connectivity index (χ0n) is 14.3. The first-order valence-corrected chi connectivity index (χ1v) is 9.68. The van der Waals surface area contributed by atoms with Gasteiger partial charge in [-0.15, -0.1) is 0 Å². The number of amides is 1. The van der Waals surface area contributed by atoms with Crippen LogP contribution in [0.5, 0.6) is 0 Å². The van der Waals surface area contributed by atoms with E-state index in [-0.39, 0.29) is 29.4 Å². The molecule has 9 heteroatoms. The highest BCUT2D eigenvalue weighted by Gasteiger charge is 2.26. The van der Waals surface area contributed by atoms with E-state index in [4.69, 9.17) is 4.74 Å². The number of ether oxygens (including phenoxy) is 1. The first-order valence-electron chi connectivity index (χ1n) is 8.24. The monoisotopic (exact) mass is 391 g/mol. The van der Waals surface area contributed by atoms with E-state index in [0.29, 0.717) is 18.8 Å². The quantitative estimate of drug-likeness (QED) is 0.620. The first kappa shape index (κ1) is 19.2. The number of hydrogen-bond acceptors (Lipinski definition) is 5. The third-order valence-corrected chi connectivity index (χ3v) is 5.85. The molecule has 2 aromatic carbocycles. The van der Waals surface area contributed by atoms with E-state index in [0.717, 1.165) is 0 Å². The molecule has 142 valence electrons. The Morgan fingerprint density at radius 1 is 1.15 bits per heavy atom. The average molecular weight is 391 g/mol. The number of nitrogens with one attached hydrogen (secondary N) is 1. The molecule has 0 saturated carbocycles. The number of hydrogen-bond donors (Lipinski definition) is 1. The van der Waals surface area contributed by atoms with E-state index in [1.54, 1.807) is 0 Å². The number of hydrazone groups is 1. The van der Waals surface area contributed by atoms with Gasteiger partial charge in [0.05, 0.1) is 24.3 Å². The second kappa shape index (κ2) is 8.38. The molecule has 1 aliphatic rings. The minimum atomic E-state index is -3.69. The van der Waals surface area contributed by atoms with Crippen LogP contribution < -0.4 is 5.43 Å². The Balaban J connectivity index is 1.70. The van der Waals surface area contributed by atoms with Crippen molar-refractivity contribution in [2.24, 2.45) is 5.10 Å². The van der Waals surface area contributed by atoms with Crippen molar-refractivity contribution in [3.63, 3.8) is 0 Å². The molecule has 3 rings (SSSR count). The summed E-state index contributed by atoms with van der Waals surface area (Å²) in [6.07, 6.45) is 1.37. The molecule has 0 aliphatic carbocycles. The predicted octanol–water partition coefficient (Wildman–Crippen LogP) is 1.61. The fourth-order valence-electron chi connectivity index (χ4n) is 2.51. The molecule has 0 radical (unpaired) electrons. The van der Waals surface area contributed by atoms with Gasteiger partial charge in [-0.05, 0) is 35.9 Å². The van der Waals surface area contributed by atoms with Gasteiger partial charge in [-0.3, -0.25) is 4.79 Å². The highest BCUT2D eigenvalue weighted by atomic mass is 32.2. The van der Waals surface area contributed by atoms with Gasteiger partial charge in [0.15, 0.2) is 0 Å². The van der Waals surface area contributed by atoms with Crippen molar-refractivity contribution in [3.8, 4) is 0 Å². The molecular formula is C18H18FN3O4S. The molecular weight excluding hydrogens is 373 g/mol. The molecule has 2 aromatic rings. The fourth-order valence-corrected chi connectivity index (χ4v) is 3.97. The van der Waals surface area contributed by atoms with Gasteiger partial charge in [0.25, 0.3) is 5.91 Å². The lowest BCUT2D eigenvalue weighted by atomic mass is 10.2. The van der Waals surface area contributed by atoms with Crippen molar-refractivity contribution in [1.29, 1.82) is 0 Å². The van der Waals surface area contributed by atoms with Gasteiger partial charge < -0.3 is 4.74 Å². The van der Waals surface area contributed by atoms with Crippen molar-refractivity contribution in [1.82, 2.24) is 9.73 Å². The predicted molar refractivity (Wildman–Crippen MR) is 97.5 cm³/mol. The maximum atomic E-state index is 12.9. The van der Waals surface area contributed by atoms with Crippen LogP contribution in [0, 0.1) is 5.82 Å². The van der Waals surface area contributed by atoms with E-state index in [2.05, 4.69) is 10.5 Å². The van der Waals surface area contributed by atoms with Gasteiger partial charge >= 0.3 is 0 Å². The molecule has 0 atom stereocenters. The second-order valence-corrected chi connectivity index (χ2v) is 7.73. The van der Waals surface area contributed by atoms with Crippen LogP contribution in [0.3, 0.4) is 0 Å².